The van der Waals surface area contributed by atoms with Gasteiger partial charge in [0, 0.05) is 56.3 Å². The molecule has 5 amide bonds. The molecule has 1 aliphatic heterocycles. The molecule has 1 fully saturated rings. The molecular weight excluding hydrogens is 867 g/mol. The molecule has 6 N–H and O–H groups in total. The van der Waals surface area contributed by atoms with Crippen molar-refractivity contribution in [3.63, 3.8) is 0 Å². The van der Waals surface area contributed by atoms with Crippen molar-refractivity contribution in [2.45, 2.75) is 66.7 Å². The van der Waals surface area contributed by atoms with E-state index in [9.17, 15) is 29.1 Å². The number of ether oxygens (including phenoxy) is 2. The summed E-state index contributed by atoms with van der Waals surface area (Å²) in [5.41, 5.74) is 11.9. The van der Waals surface area contributed by atoms with E-state index in [0.717, 1.165) is 0 Å². The molecule has 0 saturated carbocycles. The molecule has 0 atom stereocenters. The van der Waals surface area contributed by atoms with Crippen LogP contribution in [-0.4, -0.2) is 112 Å². The number of carbonyl (C=O) groups is 5. The number of nitrogens with one attached hydrogen (secondary N) is 3. The van der Waals surface area contributed by atoms with Crippen molar-refractivity contribution in [3.8, 4) is 23.3 Å². The van der Waals surface area contributed by atoms with Gasteiger partial charge in [0.25, 0.3) is 17.7 Å². The standard InChI is InChI=1S/C45H51N13O9/c1-7-57-33(20-26(3)51-57)41(61)49-43-48-32-23-30(40(60)53-66-6)25-35(65-5)37(32)55(43)15-9-10-16-56-38-31(47-44(56)50-42(62)34-21-27(4)52-58(34)8-2)22-29(39(46)59)24-36(38)67-19-11-12-28-13-17-54(18-14-28)45(63)64/h9-10,20-25,28H,7-8,13-19H2,1-6H3,(H2,46,59)(H,53,60)(H,63,64)(H,47,50,62)(H,48,49,61). The van der Waals surface area contributed by atoms with E-state index in [0.29, 0.717) is 89.6 Å². The van der Waals surface area contributed by atoms with Crippen molar-refractivity contribution in [2.75, 3.05) is 44.5 Å². The monoisotopic (exact) mass is 917 g/mol. The van der Waals surface area contributed by atoms with Gasteiger partial charge in [-0.25, -0.2) is 20.2 Å². The highest BCUT2D eigenvalue weighted by Gasteiger charge is 2.25. The molecule has 5 heterocycles. The van der Waals surface area contributed by atoms with Gasteiger partial charge in [0.2, 0.25) is 17.8 Å². The Balaban J connectivity index is 1.26. The van der Waals surface area contributed by atoms with Crippen molar-refractivity contribution < 1.29 is 43.4 Å². The number of aromatic nitrogens is 8. The van der Waals surface area contributed by atoms with E-state index < -0.39 is 29.7 Å². The quantitative estimate of drug-likeness (QED) is 0.0514. The van der Waals surface area contributed by atoms with E-state index in [1.165, 1.54) is 37.3 Å². The Morgan fingerprint density at radius 1 is 0.776 bits per heavy atom. The van der Waals surface area contributed by atoms with Crippen LogP contribution in [0.1, 0.15) is 79.8 Å². The number of benzene rings is 2. The lowest BCUT2D eigenvalue weighted by Crippen LogP contribution is -2.37. The molecule has 7 rings (SSSR count). The number of rotatable bonds is 16. The molecule has 67 heavy (non-hydrogen) atoms. The van der Waals surface area contributed by atoms with Crippen LogP contribution < -0.4 is 31.3 Å². The number of aryl methyl sites for hydroxylation is 4. The van der Waals surface area contributed by atoms with E-state index in [1.807, 2.05) is 26.0 Å². The van der Waals surface area contributed by atoms with Gasteiger partial charge in [-0.2, -0.15) is 10.2 Å². The number of carbonyl (C=O) groups excluding carboxylic acids is 4. The number of likely N-dealkylation sites (tertiary alicyclic amines) is 1. The number of amides is 5. The van der Waals surface area contributed by atoms with Crippen LogP contribution >= 0.6 is 0 Å². The van der Waals surface area contributed by atoms with Crippen LogP contribution in [0, 0.1) is 31.6 Å². The molecule has 1 aliphatic rings. The first kappa shape index (κ1) is 46.8. The van der Waals surface area contributed by atoms with Crippen molar-refractivity contribution in [3.05, 3.63) is 82.5 Å². The third kappa shape index (κ3) is 10.2. The number of carboxylic acid groups (broad SMARTS) is 1. The SMILES string of the molecule is CCn1nc(C)cc1C(=O)Nc1nc2cc(C(=O)NOC)cc(OC)c2n1CC=CCn1c(NC(=O)c2cc(C)nn2CC)nc2cc(C(N)=O)cc(OCC#CC3CCN(C(=O)O)CC3)c21. The molecule has 0 unspecified atom stereocenters. The number of fused-ring (bicyclic) bond motifs is 2. The first-order chi connectivity index (χ1) is 32.2. The highest BCUT2D eigenvalue weighted by Crippen LogP contribution is 2.33. The van der Waals surface area contributed by atoms with E-state index in [4.69, 9.17) is 30.0 Å². The molecule has 2 aromatic carbocycles. The minimum Gasteiger partial charge on any atom is -0.494 e. The summed E-state index contributed by atoms with van der Waals surface area (Å²) in [6, 6.07) is 9.43. The zero-order valence-corrected chi connectivity index (χ0v) is 37.9. The summed E-state index contributed by atoms with van der Waals surface area (Å²) in [4.78, 5) is 80.1. The van der Waals surface area contributed by atoms with Gasteiger partial charge in [0.1, 0.15) is 40.5 Å². The molecule has 0 spiro atoms. The van der Waals surface area contributed by atoms with Crippen LogP contribution in [0.3, 0.4) is 0 Å². The number of imidazole rings is 2. The zero-order valence-electron chi connectivity index (χ0n) is 37.9. The van der Waals surface area contributed by atoms with Gasteiger partial charge in [-0.3, -0.25) is 44.0 Å². The number of nitrogens with two attached hydrogens (primary N) is 1. The van der Waals surface area contributed by atoms with Crippen LogP contribution in [-0.2, 0) is 31.0 Å². The minimum absolute atomic E-state index is 0.0171. The average Bonchev–Trinajstić information content (AvgIpc) is 4.08. The molecule has 22 nitrogen and oxygen atoms in total. The molecule has 6 aromatic rings. The fourth-order valence-corrected chi connectivity index (χ4v) is 7.84. The Bertz CT molecular complexity index is 2980. The Morgan fingerprint density at radius 3 is 1.79 bits per heavy atom. The van der Waals surface area contributed by atoms with Crippen molar-refractivity contribution in [2.24, 2.45) is 11.7 Å². The predicted octanol–water partition coefficient (Wildman–Crippen LogP) is 4.37. The molecule has 350 valence electrons. The zero-order chi connectivity index (χ0) is 47.9. The molecule has 4 aromatic heterocycles. The first-order valence-electron chi connectivity index (χ1n) is 21.4. The van der Waals surface area contributed by atoms with Crippen molar-refractivity contribution in [1.82, 2.24) is 49.0 Å². The van der Waals surface area contributed by atoms with Crippen LogP contribution in [0.25, 0.3) is 22.1 Å². The summed E-state index contributed by atoms with van der Waals surface area (Å²) < 4.78 is 18.6. The Labute approximate surface area is 384 Å². The van der Waals surface area contributed by atoms with E-state index >= 15 is 0 Å². The maximum absolute atomic E-state index is 13.9. The summed E-state index contributed by atoms with van der Waals surface area (Å²) in [5.74, 6) is 4.81. The molecule has 1 saturated heterocycles. The normalized spacial score (nSPS) is 12.9. The number of primary amides is 1. The fourth-order valence-electron chi connectivity index (χ4n) is 7.84. The van der Waals surface area contributed by atoms with Gasteiger partial charge in [-0.1, -0.05) is 24.0 Å². The molecular formula is C45H51N13O9. The number of anilines is 2. The van der Waals surface area contributed by atoms with E-state index in [1.54, 1.807) is 50.5 Å². The Morgan fingerprint density at radius 2 is 1.30 bits per heavy atom. The summed E-state index contributed by atoms with van der Waals surface area (Å²) in [6.07, 6.45) is 3.85. The topological polar surface area (TPSA) is 270 Å². The Hall–Kier alpha value is -8.19. The number of nitrogens with zero attached hydrogens (tertiary/aromatic N) is 9. The van der Waals surface area contributed by atoms with Crippen molar-refractivity contribution in [1.29, 1.82) is 0 Å². The Kier molecular flexibility index (Phi) is 14.2. The highest BCUT2D eigenvalue weighted by atomic mass is 16.6. The minimum atomic E-state index is -0.957. The second kappa shape index (κ2) is 20.3. The van der Waals surface area contributed by atoms with E-state index in [2.05, 4.69) is 38.2 Å². The number of piperidine rings is 1. The number of methoxy groups -OCH3 is 1. The third-order valence-corrected chi connectivity index (χ3v) is 11.0. The number of hydroxylamine groups is 1. The number of hydrogen-bond acceptors (Lipinski definition) is 12. The molecule has 0 bridgehead atoms. The van der Waals surface area contributed by atoms with Gasteiger partial charge in [-0.15, -0.1) is 0 Å². The molecule has 0 radical (unpaired) electrons. The molecule has 0 aliphatic carbocycles. The van der Waals surface area contributed by atoms with Gasteiger partial charge in [0.15, 0.2) is 0 Å². The maximum atomic E-state index is 13.9. The van der Waals surface area contributed by atoms with Crippen LogP contribution in [0.4, 0.5) is 16.7 Å². The van der Waals surface area contributed by atoms with Gasteiger partial charge in [0.05, 0.1) is 36.6 Å². The maximum Gasteiger partial charge on any atom is 0.407 e. The van der Waals surface area contributed by atoms with Gasteiger partial charge in [-0.05, 0) is 76.9 Å². The largest absolute Gasteiger partial charge is 0.494 e. The smallest absolute Gasteiger partial charge is 0.407 e. The fraction of sp³-hybridized carbons (Fsp3) is 0.356. The number of hydrogen-bond donors (Lipinski definition) is 5. The third-order valence-electron chi connectivity index (χ3n) is 11.0. The van der Waals surface area contributed by atoms with E-state index in [-0.39, 0.29) is 54.4 Å². The molecule has 22 heteroatoms. The number of allylic oxidation sites excluding steroid dienone is 2. The summed E-state index contributed by atoms with van der Waals surface area (Å²) in [6.45, 7) is 9.13. The average molecular weight is 918 g/mol. The highest BCUT2D eigenvalue weighted by molar-refractivity contribution is 6.05. The van der Waals surface area contributed by atoms with Crippen LogP contribution in [0.5, 0.6) is 11.5 Å². The second-order valence-electron chi connectivity index (χ2n) is 15.5. The van der Waals surface area contributed by atoms with Crippen LogP contribution in [0.15, 0.2) is 48.6 Å². The predicted molar refractivity (Wildman–Crippen MR) is 245 cm³/mol. The van der Waals surface area contributed by atoms with Crippen molar-refractivity contribution >= 4 is 63.7 Å². The second-order valence-corrected chi connectivity index (χ2v) is 15.5. The lowest BCUT2D eigenvalue weighted by Gasteiger charge is -2.27. The summed E-state index contributed by atoms with van der Waals surface area (Å²) >= 11 is 0. The van der Waals surface area contributed by atoms with Gasteiger partial charge < -0.3 is 34.3 Å². The lowest BCUT2D eigenvalue weighted by molar-refractivity contribution is 0.0537. The first-order valence-corrected chi connectivity index (χ1v) is 21.4. The van der Waals surface area contributed by atoms with Crippen LogP contribution in [0.2, 0.25) is 0 Å². The summed E-state index contributed by atoms with van der Waals surface area (Å²) in [7, 11) is 2.77. The summed E-state index contributed by atoms with van der Waals surface area (Å²) in [5, 5.41) is 24.0. The lowest BCUT2D eigenvalue weighted by atomic mass is 9.98. The van der Waals surface area contributed by atoms with Gasteiger partial charge >= 0.3 is 6.09 Å².